The van der Waals surface area contributed by atoms with Crippen LogP contribution in [-0.4, -0.2) is 56.2 Å². The van der Waals surface area contributed by atoms with Gasteiger partial charge in [-0.15, -0.1) is 0 Å². The molecule has 1 heterocycles. The van der Waals surface area contributed by atoms with Gasteiger partial charge in [-0.05, 0) is 18.7 Å². The number of methoxy groups -OCH3 is 1. The van der Waals surface area contributed by atoms with E-state index in [1.165, 1.54) is 0 Å². The third-order valence-electron chi connectivity index (χ3n) is 2.75. The molecule has 0 saturated heterocycles. The first-order valence-electron chi connectivity index (χ1n) is 6.28. The molecule has 1 aromatic heterocycles. The Balaban J connectivity index is 2.30. The fourth-order valence-electron chi connectivity index (χ4n) is 1.49. The first-order valence-corrected chi connectivity index (χ1v) is 6.28. The van der Waals surface area contributed by atoms with Crippen molar-refractivity contribution in [2.24, 2.45) is 5.73 Å². The summed E-state index contributed by atoms with van der Waals surface area (Å²) < 4.78 is 4.98. The average molecular weight is 266 g/mol. The summed E-state index contributed by atoms with van der Waals surface area (Å²) in [6, 6.07) is 3.50. The number of nitrogens with zero attached hydrogens (tertiary/aromatic N) is 2. The van der Waals surface area contributed by atoms with Crippen LogP contribution in [0.3, 0.4) is 0 Å². The monoisotopic (exact) mass is 266 g/mol. The lowest BCUT2D eigenvalue weighted by Crippen LogP contribution is -2.34. The van der Waals surface area contributed by atoms with Crippen molar-refractivity contribution in [2.75, 3.05) is 40.4 Å². The number of amides is 1. The van der Waals surface area contributed by atoms with Gasteiger partial charge < -0.3 is 20.7 Å². The molecule has 0 aliphatic carbocycles. The van der Waals surface area contributed by atoms with Crippen LogP contribution in [0.5, 0.6) is 0 Å². The molecule has 19 heavy (non-hydrogen) atoms. The Labute approximate surface area is 113 Å². The number of pyridine rings is 1. The maximum Gasteiger partial charge on any atom is 0.269 e. The molecular weight excluding hydrogens is 244 g/mol. The van der Waals surface area contributed by atoms with Gasteiger partial charge in [0.15, 0.2) is 0 Å². The SMILES string of the molecule is COCCN(C)CCNC(=O)c1ccc(CN)cn1. The Kier molecular flexibility index (Phi) is 7.02. The van der Waals surface area contributed by atoms with E-state index in [0.717, 1.165) is 18.7 Å². The second-order valence-corrected chi connectivity index (χ2v) is 4.31. The predicted molar refractivity (Wildman–Crippen MR) is 73.8 cm³/mol. The van der Waals surface area contributed by atoms with Gasteiger partial charge >= 0.3 is 0 Å². The summed E-state index contributed by atoms with van der Waals surface area (Å²) in [7, 11) is 3.66. The minimum atomic E-state index is -0.163. The lowest BCUT2D eigenvalue weighted by molar-refractivity contribution is 0.0942. The van der Waals surface area contributed by atoms with E-state index in [0.29, 0.717) is 25.4 Å². The molecule has 1 amide bonds. The standard InChI is InChI=1S/C13H22N4O2/c1-17(7-8-19-2)6-5-15-13(18)12-4-3-11(9-14)10-16-12/h3-4,10H,5-9,14H2,1-2H3,(H,15,18). The topological polar surface area (TPSA) is 80.5 Å². The van der Waals surface area contributed by atoms with Gasteiger partial charge in [0.1, 0.15) is 5.69 Å². The van der Waals surface area contributed by atoms with E-state index in [2.05, 4.69) is 15.2 Å². The summed E-state index contributed by atoms with van der Waals surface area (Å²) >= 11 is 0. The number of likely N-dealkylation sites (N-methyl/N-ethyl adjacent to an activating group) is 1. The lowest BCUT2D eigenvalue weighted by atomic mass is 10.2. The molecule has 106 valence electrons. The number of ether oxygens (including phenoxy) is 1. The number of carbonyl (C=O) groups is 1. The Morgan fingerprint density at radius 2 is 2.26 bits per heavy atom. The molecule has 0 aromatic carbocycles. The van der Waals surface area contributed by atoms with Crippen LogP contribution in [0, 0.1) is 0 Å². The molecule has 1 rings (SSSR count). The molecule has 6 heteroatoms. The van der Waals surface area contributed by atoms with Gasteiger partial charge in [-0.1, -0.05) is 6.07 Å². The fraction of sp³-hybridized carbons (Fsp3) is 0.538. The highest BCUT2D eigenvalue weighted by Crippen LogP contribution is 1.99. The molecule has 0 saturated carbocycles. The summed E-state index contributed by atoms with van der Waals surface area (Å²) in [5.41, 5.74) is 6.80. The van der Waals surface area contributed by atoms with Crippen LogP contribution in [0.2, 0.25) is 0 Å². The largest absolute Gasteiger partial charge is 0.383 e. The van der Waals surface area contributed by atoms with Crippen LogP contribution in [0.4, 0.5) is 0 Å². The number of rotatable bonds is 8. The quantitative estimate of drug-likeness (QED) is 0.684. The van der Waals surface area contributed by atoms with Crippen LogP contribution in [0.1, 0.15) is 16.1 Å². The smallest absolute Gasteiger partial charge is 0.269 e. The highest BCUT2D eigenvalue weighted by molar-refractivity contribution is 5.92. The molecule has 0 bridgehead atoms. The summed E-state index contributed by atoms with van der Waals surface area (Å²) in [5.74, 6) is -0.163. The summed E-state index contributed by atoms with van der Waals surface area (Å²) in [4.78, 5) is 18.0. The third kappa shape index (κ3) is 5.78. The minimum Gasteiger partial charge on any atom is -0.383 e. The summed E-state index contributed by atoms with van der Waals surface area (Å²) in [6.07, 6.45) is 1.62. The molecule has 6 nitrogen and oxygen atoms in total. The Bertz CT molecular complexity index is 381. The molecule has 0 radical (unpaired) electrons. The van der Waals surface area contributed by atoms with Crippen LogP contribution in [0.25, 0.3) is 0 Å². The van der Waals surface area contributed by atoms with Crippen molar-refractivity contribution in [2.45, 2.75) is 6.54 Å². The lowest BCUT2D eigenvalue weighted by Gasteiger charge is -2.16. The van der Waals surface area contributed by atoms with Crippen molar-refractivity contribution in [1.82, 2.24) is 15.2 Å². The van der Waals surface area contributed by atoms with Crippen molar-refractivity contribution in [3.05, 3.63) is 29.6 Å². The highest BCUT2D eigenvalue weighted by Gasteiger charge is 2.06. The number of nitrogens with one attached hydrogen (secondary N) is 1. The number of hydrogen-bond acceptors (Lipinski definition) is 5. The van der Waals surface area contributed by atoms with E-state index in [-0.39, 0.29) is 5.91 Å². The van der Waals surface area contributed by atoms with E-state index in [4.69, 9.17) is 10.5 Å². The van der Waals surface area contributed by atoms with E-state index < -0.39 is 0 Å². The van der Waals surface area contributed by atoms with E-state index in [9.17, 15) is 4.79 Å². The highest BCUT2D eigenvalue weighted by atomic mass is 16.5. The van der Waals surface area contributed by atoms with Crippen molar-refractivity contribution < 1.29 is 9.53 Å². The van der Waals surface area contributed by atoms with E-state index >= 15 is 0 Å². The number of hydrogen-bond donors (Lipinski definition) is 2. The molecule has 0 unspecified atom stereocenters. The van der Waals surface area contributed by atoms with Crippen molar-refractivity contribution in [1.29, 1.82) is 0 Å². The van der Waals surface area contributed by atoms with Crippen LogP contribution in [-0.2, 0) is 11.3 Å². The first-order chi connectivity index (χ1) is 9.17. The van der Waals surface area contributed by atoms with Crippen molar-refractivity contribution in [3.8, 4) is 0 Å². The molecule has 0 aliphatic rings. The van der Waals surface area contributed by atoms with Crippen LogP contribution < -0.4 is 11.1 Å². The molecule has 0 atom stereocenters. The number of nitrogens with two attached hydrogens (primary N) is 1. The Hall–Kier alpha value is -1.50. The molecule has 0 spiro atoms. The van der Waals surface area contributed by atoms with Gasteiger partial charge in [0, 0.05) is 39.5 Å². The Morgan fingerprint density at radius 3 is 2.84 bits per heavy atom. The number of carbonyl (C=O) groups excluding carboxylic acids is 1. The van der Waals surface area contributed by atoms with Gasteiger partial charge in [-0.2, -0.15) is 0 Å². The maximum atomic E-state index is 11.8. The zero-order valence-electron chi connectivity index (χ0n) is 11.6. The minimum absolute atomic E-state index is 0.163. The van der Waals surface area contributed by atoms with Gasteiger partial charge in [-0.3, -0.25) is 9.78 Å². The predicted octanol–water partition coefficient (Wildman–Crippen LogP) is -0.152. The van der Waals surface area contributed by atoms with Gasteiger partial charge in [0.2, 0.25) is 0 Å². The zero-order chi connectivity index (χ0) is 14.1. The fourth-order valence-corrected chi connectivity index (χ4v) is 1.49. The third-order valence-corrected chi connectivity index (χ3v) is 2.75. The van der Waals surface area contributed by atoms with Crippen molar-refractivity contribution >= 4 is 5.91 Å². The van der Waals surface area contributed by atoms with Gasteiger partial charge in [-0.25, -0.2) is 0 Å². The maximum absolute atomic E-state index is 11.8. The first kappa shape index (κ1) is 15.6. The molecule has 0 fully saturated rings. The summed E-state index contributed by atoms with van der Waals surface area (Å²) in [5, 5.41) is 2.83. The molecule has 1 aromatic rings. The second kappa shape index (κ2) is 8.58. The zero-order valence-corrected chi connectivity index (χ0v) is 11.6. The molecule has 3 N–H and O–H groups in total. The van der Waals surface area contributed by atoms with E-state index in [1.54, 1.807) is 19.4 Å². The second-order valence-electron chi connectivity index (χ2n) is 4.31. The van der Waals surface area contributed by atoms with Gasteiger partial charge in [0.25, 0.3) is 5.91 Å². The number of aromatic nitrogens is 1. The Morgan fingerprint density at radius 1 is 1.47 bits per heavy atom. The van der Waals surface area contributed by atoms with Gasteiger partial charge in [0.05, 0.1) is 6.61 Å². The molecule has 0 aliphatic heterocycles. The molecular formula is C13H22N4O2. The van der Waals surface area contributed by atoms with Crippen LogP contribution in [0.15, 0.2) is 18.3 Å². The summed E-state index contributed by atoms with van der Waals surface area (Å²) in [6.45, 7) is 3.32. The van der Waals surface area contributed by atoms with Crippen LogP contribution >= 0.6 is 0 Å². The average Bonchev–Trinajstić information content (AvgIpc) is 2.45. The van der Waals surface area contributed by atoms with E-state index in [1.807, 2.05) is 13.1 Å². The van der Waals surface area contributed by atoms with Crippen molar-refractivity contribution in [3.63, 3.8) is 0 Å². The normalized spacial score (nSPS) is 10.7.